The maximum Gasteiger partial charge on any atom is 0.435 e. The highest BCUT2D eigenvalue weighted by Gasteiger charge is 2.33. The molecule has 18 heavy (non-hydrogen) atoms. The van der Waals surface area contributed by atoms with Crippen molar-refractivity contribution in [3.05, 3.63) is 17.8 Å². The summed E-state index contributed by atoms with van der Waals surface area (Å²) < 4.78 is 37.0. The fraction of sp³-hybridized carbons (Fsp3) is 0.636. The zero-order valence-electron chi connectivity index (χ0n) is 9.62. The lowest BCUT2D eigenvalue weighted by Gasteiger charge is -2.32. The quantitative estimate of drug-likeness (QED) is 0.780. The molecule has 0 amide bonds. The van der Waals surface area contributed by atoms with Crippen molar-refractivity contribution in [1.82, 2.24) is 10.2 Å². The fourth-order valence-corrected chi connectivity index (χ4v) is 2.30. The highest BCUT2D eigenvalue weighted by atomic mass is 35.5. The van der Waals surface area contributed by atoms with Gasteiger partial charge in [-0.1, -0.05) is 0 Å². The van der Waals surface area contributed by atoms with Crippen LogP contribution in [0, 0.1) is 5.92 Å². The molecule has 7 heteroatoms. The summed E-state index contributed by atoms with van der Waals surface area (Å²) in [5.41, 5.74) is -0.961. The summed E-state index contributed by atoms with van der Waals surface area (Å²) in [6.07, 6.45) is -2.42. The van der Waals surface area contributed by atoms with E-state index in [0.29, 0.717) is 17.6 Å². The number of hydrogen-bond acceptors (Lipinski definition) is 3. The van der Waals surface area contributed by atoms with Crippen LogP contribution in [0.5, 0.6) is 0 Å². The second kappa shape index (κ2) is 5.30. The van der Waals surface area contributed by atoms with Gasteiger partial charge in [-0.25, -0.2) is 0 Å². The van der Waals surface area contributed by atoms with E-state index >= 15 is 0 Å². The van der Waals surface area contributed by atoms with Gasteiger partial charge in [0.15, 0.2) is 11.5 Å². The van der Waals surface area contributed by atoms with Gasteiger partial charge in [0, 0.05) is 19.0 Å². The molecule has 1 saturated heterocycles. The third kappa shape index (κ3) is 3.04. The number of aromatic nitrogens is 2. The van der Waals surface area contributed by atoms with E-state index in [0.717, 1.165) is 32.0 Å². The van der Waals surface area contributed by atoms with Crippen LogP contribution in [-0.4, -0.2) is 29.2 Å². The Balaban J connectivity index is 2.09. The van der Waals surface area contributed by atoms with Crippen LogP contribution in [0.3, 0.4) is 0 Å². The Morgan fingerprint density at radius 3 is 2.67 bits per heavy atom. The first-order valence-electron chi connectivity index (χ1n) is 5.72. The lowest BCUT2D eigenvalue weighted by molar-refractivity contribution is -0.141. The van der Waals surface area contributed by atoms with Gasteiger partial charge in [0.1, 0.15) is 0 Å². The molecule has 1 aliphatic heterocycles. The van der Waals surface area contributed by atoms with Crippen molar-refractivity contribution in [3.63, 3.8) is 0 Å². The lowest BCUT2D eigenvalue weighted by atomic mass is 10.0. The molecule has 1 aliphatic rings. The summed E-state index contributed by atoms with van der Waals surface area (Å²) in [5.74, 6) is 1.41. The molecule has 1 unspecified atom stereocenters. The van der Waals surface area contributed by atoms with Crippen LogP contribution >= 0.6 is 11.6 Å². The second-order valence-electron chi connectivity index (χ2n) is 4.38. The molecule has 2 heterocycles. The van der Waals surface area contributed by atoms with Gasteiger partial charge >= 0.3 is 6.18 Å². The molecule has 0 saturated carbocycles. The number of anilines is 1. The number of halogens is 4. The maximum atomic E-state index is 12.3. The predicted octanol–water partition coefficient (Wildman–Crippen LogP) is 2.95. The highest BCUT2D eigenvalue weighted by molar-refractivity contribution is 6.18. The van der Waals surface area contributed by atoms with E-state index in [1.807, 2.05) is 4.90 Å². The first-order chi connectivity index (χ1) is 8.50. The van der Waals surface area contributed by atoms with E-state index < -0.39 is 11.9 Å². The van der Waals surface area contributed by atoms with Gasteiger partial charge in [0.2, 0.25) is 0 Å². The van der Waals surface area contributed by atoms with E-state index in [4.69, 9.17) is 11.6 Å². The van der Waals surface area contributed by atoms with E-state index in [1.165, 1.54) is 6.07 Å². The lowest BCUT2D eigenvalue weighted by Crippen LogP contribution is -2.36. The first-order valence-corrected chi connectivity index (χ1v) is 6.26. The van der Waals surface area contributed by atoms with Crippen molar-refractivity contribution in [1.29, 1.82) is 0 Å². The van der Waals surface area contributed by atoms with Crippen LogP contribution in [0.4, 0.5) is 19.0 Å². The molecule has 0 aromatic carbocycles. The minimum atomic E-state index is -4.44. The van der Waals surface area contributed by atoms with Crippen molar-refractivity contribution in [2.75, 3.05) is 23.9 Å². The summed E-state index contributed by atoms with van der Waals surface area (Å²) in [6, 6.07) is 2.33. The van der Waals surface area contributed by atoms with Gasteiger partial charge in [0.05, 0.1) is 0 Å². The Morgan fingerprint density at radius 1 is 1.33 bits per heavy atom. The summed E-state index contributed by atoms with van der Waals surface area (Å²) in [4.78, 5) is 1.93. The number of alkyl halides is 4. The molecule has 100 valence electrons. The molecule has 1 atom stereocenters. The summed E-state index contributed by atoms with van der Waals surface area (Å²) in [7, 11) is 0. The zero-order valence-corrected chi connectivity index (χ0v) is 10.4. The standard InChI is InChI=1S/C11H13ClF3N3/c12-6-8-2-1-5-18(7-8)10-4-3-9(16-17-10)11(13,14)15/h3-4,8H,1-2,5-7H2. The third-order valence-electron chi connectivity index (χ3n) is 3.00. The smallest absolute Gasteiger partial charge is 0.355 e. The van der Waals surface area contributed by atoms with Crippen LogP contribution in [0.2, 0.25) is 0 Å². The topological polar surface area (TPSA) is 29.0 Å². The monoisotopic (exact) mass is 279 g/mol. The van der Waals surface area contributed by atoms with Crippen LogP contribution in [-0.2, 0) is 6.18 Å². The van der Waals surface area contributed by atoms with Gasteiger partial charge in [-0.15, -0.1) is 21.8 Å². The molecule has 0 aliphatic carbocycles. The first kappa shape index (κ1) is 13.4. The van der Waals surface area contributed by atoms with Crippen molar-refractivity contribution < 1.29 is 13.2 Å². The molecule has 1 fully saturated rings. The van der Waals surface area contributed by atoms with Crippen molar-refractivity contribution >= 4 is 17.4 Å². The molecule has 0 bridgehead atoms. The molecule has 1 aromatic heterocycles. The SMILES string of the molecule is FC(F)(F)c1ccc(N2CCCC(CCl)C2)nn1. The van der Waals surface area contributed by atoms with Gasteiger partial charge in [0.25, 0.3) is 0 Å². The predicted molar refractivity (Wildman–Crippen MR) is 62.7 cm³/mol. The number of piperidine rings is 1. The molecule has 0 spiro atoms. The van der Waals surface area contributed by atoms with Gasteiger partial charge in [-0.2, -0.15) is 13.2 Å². The van der Waals surface area contributed by atoms with Crippen LogP contribution in [0.25, 0.3) is 0 Å². The normalized spacial score (nSPS) is 21.1. The van der Waals surface area contributed by atoms with Crippen molar-refractivity contribution in [2.24, 2.45) is 5.92 Å². The van der Waals surface area contributed by atoms with Gasteiger partial charge in [-0.3, -0.25) is 0 Å². The molecular formula is C11H13ClF3N3. The largest absolute Gasteiger partial charge is 0.435 e. The maximum absolute atomic E-state index is 12.3. The van der Waals surface area contributed by atoms with Crippen LogP contribution < -0.4 is 4.90 Å². The zero-order chi connectivity index (χ0) is 13.2. The van der Waals surface area contributed by atoms with E-state index in [-0.39, 0.29) is 0 Å². The Morgan fingerprint density at radius 2 is 2.11 bits per heavy atom. The Kier molecular flexibility index (Phi) is 3.94. The van der Waals surface area contributed by atoms with Gasteiger partial charge in [-0.05, 0) is 30.9 Å². The Bertz CT molecular complexity index is 394. The molecule has 3 nitrogen and oxygen atoms in total. The van der Waals surface area contributed by atoms with Crippen LogP contribution in [0.1, 0.15) is 18.5 Å². The number of rotatable bonds is 2. The van der Waals surface area contributed by atoms with Gasteiger partial charge < -0.3 is 4.90 Å². The summed E-state index contributed by atoms with van der Waals surface area (Å²) in [6.45, 7) is 1.51. The minimum Gasteiger partial charge on any atom is -0.355 e. The van der Waals surface area contributed by atoms with E-state index in [9.17, 15) is 13.2 Å². The van der Waals surface area contributed by atoms with E-state index in [1.54, 1.807) is 0 Å². The second-order valence-corrected chi connectivity index (χ2v) is 4.69. The fourth-order valence-electron chi connectivity index (χ4n) is 2.04. The molecule has 0 radical (unpaired) electrons. The van der Waals surface area contributed by atoms with Crippen molar-refractivity contribution in [2.45, 2.75) is 19.0 Å². The average Bonchev–Trinajstić information content (AvgIpc) is 2.38. The number of hydrogen-bond donors (Lipinski definition) is 0. The molecule has 0 N–H and O–H groups in total. The molecular weight excluding hydrogens is 267 g/mol. The van der Waals surface area contributed by atoms with Crippen LogP contribution in [0.15, 0.2) is 12.1 Å². The van der Waals surface area contributed by atoms with Crippen molar-refractivity contribution in [3.8, 4) is 0 Å². The average molecular weight is 280 g/mol. The summed E-state index contributed by atoms with van der Waals surface area (Å²) in [5, 5.41) is 6.88. The minimum absolute atomic E-state index is 0.365. The number of nitrogens with zero attached hydrogens (tertiary/aromatic N) is 3. The Hall–Kier alpha value is -1.04. The highest BCUT2D eigenvalue weighted by Crippen LogP contribution is 2.28. The Labute approximate surface area is 108 Å². The summed E-state index contributed by atoms with van der Waals surface area (Å²) >= 11 is 5.81. The third-order valence-corrected chi connectivity index (χ3v) is 3.44. The van der Waals surface area contributed by atoms with E-state index in [2.05, 4.69) is 10.2 Å². The molecule has 1 aromatic rings. The molecule has 2 rings (SSSR count).